The third-order valence-corrected chi connectivity index (χ3v) is 2.83. The van der Waals surface area contributed by atoms with Gasteiger partial charge in [-0.1, -0.05) is 18.2 Å². The first-order valence-corrected chi connectivity index (χ1v) is 5.78. The Morgan fingerprint density at radius 1 is 1.11 bits per heavy atom. The molecule has 0 fully saturated rings. The van der Waals surface area contributed by atoms with Gasteiger partial charge in [0.05, 0.1) is 7.11 Å². The molecule has 2 rings (SSSR count). The molecule has 0 saturated heterocycles. The van der Waals surface area contributed by atoms with E-state index in [-0.39, 0.29) is 12.4 Å². The third kappa shape index (κ3) is 2.68. The summed E-state index contributed by atoms with van der Waals surface area (Å²) in [4.78, 5) is 0. The van der Waals surface area contributed by atoms with Gasteiger partial charge in [0.2, 0.25) is 0 Å². The van der Waals surface area contributed by atoms with E-state index < -0.39 is 0 Å². The molecule has 0 atom stereocenters. The molecule has 94 valence electrons. The third-order valence-electron chi connectivity index (χ3n) is 2.83. The van der Waals surface area contributed by atoms with E-state index >= 15 is 0 Å². The van der Waals surface area contributed by atoms with Crippen LogP contribution in [-0.4, -0.2) is 18.8 Å². The van der Waals surface area contributed by atoms with Gasteiger partial charge in [-0.3, -0.25) is 0 Å². The lowest BCUT2D eigenvalue weighted by Crippen LogP contribution is -1.93. The van der Waals surface area contributed by atoms with Crippen molar-refractivity contribution in [3.05, 3.63) is 53.8 Å². The zero-order chi connectivity index (χ0) is 13.0. The number of halogens is 1. The predicted octanol–water partition coefficient (Wildman–Crippen LogP) is 3.04. The number of hydrogen-bond acceptors (Lipinski definition) is 2. The van der Waals surface area contributed by atoms with E-state index in [0.717, 1.165) is 16.9 Å². The summed E-state index contributed by atoms with van der Waals surface area (Å²) in [5.74, 6) is 0.479. The van der Waals surface area contributed by atoms with Gasteiger partial charge in [0.1, 0.15) is 11.6 Å². The van der Waals surface area contributed by atoms with E-state index in [1.54, 1.807) is 31.4 Å². The molecular formula is C15H15FO2. The van der Waals surface area contributed by atoms with Crippen molar-refractivity contribution < 1.29 is 14.2 Å². The number of benzene rings is 2. The molecule has 0 saturated carbocycles. The summed E-state index contributed by atoms with van der Waals surface area (Å²) in [5.41, 5.74) is 2.27. The summed E-state index contributed by atoms with van der Waals surface area (Å²) < 4.78 is 18.9. The number of ether oxygens (including phenoxy) is 1. The van der Waals surface area contributed by atoms with Gasteiger partial charge < -0.3 is 9.84 Å². The molecular weight excluding hydrogens is 231 g/mol. The van der Waals surface area contributed by atoms with Gasteiger partial charge >= 0.3 is 0 Å². The van der Waals surface area contributed by atoms with Gasteiger partial charge in [-0.25, -0.2) is 4.39 Å². The first-order chi connectivity index (χ1) is 8.74. The van der Waals surface area contributed by atoms with Crippen molar-refractivity contribution >= 4 is 0 Å². The fourth-order valence-corrected chi connectivity index (χ4v) is 1.85. The van der Waals surface area contributed by atoms with E-state index in [0.29, 0.717) is 12.0 Å². The summed E-state index contributed by atoms with van der Waals surface area (Å²) in [6.07, 6.45) is 0.531. The molecule has 0 aliphatic heterocycles. The van der Waals surface area contributed by atoms with E-state index in [9.17, 15) is 4.39 Å². The minimum Gasteiger partial charge on any atom is -0.497 e. The van der Waals surface area contributed by atoms with Gasteiger partial charge in [0.15, 0.2) is 0 Å². The molecule has 0 radical (unpaired) electrons. The summed E-state index contributed by atoms with van der Waals surface area (Å²) in [6, 6.07) is 12.1. The molecule has 0 heterocycles. The Morgan fingerprint density at radius 2 is 1.83 bits per heavy atom. The molecule has 18 heavy (non-hydrogen) atoms. The quantitative estimate of drug-likeness (QED) is 0.898. The Bertz CT molecular complexity index is 521. The van der Waals surface area contributed by atoms with Crippen LogP contribution in [0.5, 0.6) is 5.75 Å². The van der Waals surface area contributed by atoms with Crippen molar-refractivity contribution in [3.63, 3.8) is 0 Å². The molecule has 0 aliphatic carbocycles. The maximum atomic E-state index is 13.8. The van der Waals surface area contributed by atoms with Crippen molar-refractivity contribution in [2.45, 2.75) is 6.42 Å². The number of aliphatic hydroxyl groups excluding tert-OH is 1. The summed E-state index contributed by atoms with van der Waals surface area (Å²) >= 11 is 0. The highest BCUT2D eigenvalue weighted by molar-refractivity contribution is 5.65. The largest absolute Gasteiger partial charge is 0.497 e. The first-order valence-electron chi connectivity index (χ1n) is 5.78. The van der Waals surface area contributed by atoms with Crippen LogP contribution >= 0.6 is 0 Å². The Labute approximate surface area is 106 Å². The molecule has 2 aromatic rings. The molecule has 0 spiro atoms. The standard InChI is InChI=1S/C15H15FO2/c1-18-13-5-3-12(4-6-13)14-10-11(8-9-17)2-7-15(14)16/h2-7,10,17H,8-9H2,1H3. The van der Waals surface area contributed by atoms with Crippen molar-refractivity contribution in [1.29, 1.82) is 0 Å². The molecule has 0 unspecified atom stereocenters. The molecule has 0 aliphatic rings. The van der Waals surface area contributed by atoms with Crippen molar-refractivity contribution in [2.75, 3.05) is 13.7 Å². The van der Waals surface area contributed by atoms with Gasteiger partial charge in [0, 0.05) is 12.2 Å². The van der Waals surface area contributed by atoms with Gasteiger partial charge in [-0.05, 0) is 41.8 Å². The van der Waals surface area contributed by atoms with Crippen LogP contribution in [0, 0.1) is 5.82 Å². The number of methoxy groups -OCH3 is 1. The van der Waals surface area contributed by atoms with E-state index in [4.69, 9.17) is 9.84 Å². The SMILES string of the molecule is COc1ccc(-c2cc(CCO)ccc2F)cc1. The van der Waals surface area contributed by atoms with Crippen LogP contribution in [0.25, 0.3) is 11.1 Å². The highest BCUT2D eigenvalue weighted by Crippen LogP contribution is 2.26. The van der Waals surface area contributed by atoms with Crippen LogP contribution in [0.1, 0.15) is 5.56 Å². The number of aliphatic hydroxyl groups is 1. The van der Waals surface area contributed by atoms with E-state index in [1.165, 1.54) is 6.07 Å². The Morgan fingerprint density at radius 3 is 2.44 bits per heavy atom. The maximum Gasteiger partial charge on any atom is 0.131 e. The maximum absolute atomic E-state index is 13.8. The monoisotopic (exact) mass is 246 g/mol. The summed E-state index contributed by atoms with van der Waals surface area (Å²) in [7, 11) is 1.59. The average Bonchev–Trinajstić information content (AvgIpc) is 2.41. The van der Waals surface area contributed by atoms with Gasteiger partial charge in [-0.2, -0.15) is 0 Å². The average molecular weight is 246 g/mol. The van der Waals surface area contributed by atoms with Crippen LogP contribution in [0.4, 0.5) is 4.39 Å². The first kappa shape index (κ1) is 12.6. The van der Waals surface area contributed by atoms with Crippen molar-refractivity contribution in [2.24, 2.45) is 0 Å². The molecule has 2 nitrogen and oxygen atoms in total. The topological polar surface area (TPSA) is 29.5 Å². The van der Waals surface area contributed by atoms with Crippen molar-refractivity contribution in [3.8, 4) is 16.9 Å². The normalized spacial score (nSPS) is 10.4. The lowest BCUT2D eigenvalue weighted by Gasteiger charge is -2.07. The Kier molecular flexibility index (Phi) is 3.95. The molecule has 2 aromatic carbocycles. The fourth-order valence-electron chi connectivity index (χ4n) is 1.85. The molecule has 0 aromatic heterocycles. The highest BCUT2D eigenvalue weighted by Gasteiger charge is 2.06. The second-order valence-corrected chi connectivity index (χ2v) is 4.02. The minimum absolute atomic E-state index is 0.0632. The molecule has 0 bridgehead atoms. The molecule has 1 N–H and O–H groups in total. The number of rotatable bonds is 4. The smallest absolute Gasteiger partial charge is 0.131 e. The lowest BCUT2D eigenvalue weighted by molar-refractivity contribution is 0.299. The van der Waals surface area contributed by atoms with Crippen LogP contribution in [0.3, 0.4) is 0 Å². The summed E-state index contributed by atoms with van der Waals surface area (Å²) in [6.45, 7) is 0.0632. The van der Waals surface area contributed by atoms with Crippen molar-refractivity contribution in [1.82, 2.24) is 0 Å². The Hall–Kier alpha value is -1.87. The highest BCUT2D eigenvalue weighted by atomic mass is 19.1. The summed E-state index contributed by atoms with van der Waals surface area (Å²) in [5, 5.41) is 8.91. The molecule has 3 heteroatoms. The van der Waals surface area contributed by atoms with E-state index in [1.807, 2.05) is 12.1 Å². The van der Waals surface area contributed by atoms with Crippen LogP contribution in [-0.2, 0) is 6.42 Å². The lowest BCUT2D eigenvalue weighted by atomic mass is 10.0. The second kappa shape index (κ2) is 5.65. The minimum atomic E-state index is -0.262. The fraction of sp³-hybridized carbons (Fsp3) is 0.200. The van der Waals surface area contributed by atoms with Crippen LogP contribution in [0.15, 0.2) is 42.5 Å². The zero-order valence-electron chi connectivity index (χ0n) is 10.2. The predicted molar refractivity (Wildman–Crippen MR) is 69.2 cm³/mol. The second-order valence-electron chi connectivity index (χ2n) is 4.02. The molecule has 0 amide bonds. The van der Waals surface area contributed by atoms with Crippen LogP contribution in [0.2, 0.25) is 0 Å². The number of hydrogen-bond donors (Lipinski definition) is 1. The Balaban J connectivity index is 2.38. The van der Waals surface area contributed by atoms with Gasteiger partial charge in [0.25, 0.3) is 0 Å². The van der Waals surface area contributed by atoms with Gasteiger partial charge in [-0.15, -0.1) is 0 Å². The zero-order valence-corrected chi connectivity index (χ0v) is 10.2. The van der Waals surface area contributed by atoms with Crippen LogP contribution < -0.4 is 4.74 Å². The van der Waals surface area contributed by atoms with E-state index in [2.05, 4.69) is 0 Å².